The maximum atomic E-state index is 13.7. The summed E-state index contributed by atoms with van der Waals surface area (Å²) in [6.07, 6.45) is 48.9. The number of fused-ring (bicyclic) bond motifs is 2. The molecule has 2 amide bonds. The lowest BCUT2D eigenvalue weighted by molar-refractivity contribution is -0.122. The summed E-state index contributed by atoms with van der Waals surface area (Å²) in [5, 5.41) is 2.78. The smallest absolute Gasteiger partial charge is 0.266 e. The number of carbonyl (C=O) groups is 2. The first-order valence-electron chi connectivity index (χ1n) is 46.4. The lowest BCUT2D eigenvalue weighted by atomic mass is 9.99. The molecular formula is C102H128N2O2S16. The van der Waals surface area contributed by atoms with E-state index in [1.807, 2.05) is 105 Å². The average molecular weight is 1930 g/mol. The molecular weight excluding hydrogens is 1800 g/mol. The van der Waals surface area contributed by atoms with Crippen molar-refractivity contribution >= 4 is 238 Å². The van der Waals surface area contributed by atoms with Crippen LogP contribution in [0.15, 0.2) is 103 Å². The number of carbonyl (C=O) groups excluding carboxylic acids is 2. The number of hydrogen-bond acceptors (Lipinski definition) is 18. The molecule has 2 aliphatic heterocycles. The standard InChI is InChI=1S/C102H128N2O2S16/c1-11-21-27-31-35-39-45-69-57-73(61-87-99(105)103(19-9)101(107)121-87)111-93(69)79-49-51-81(113-79)95-71(47-41-37-33-29-23-13-3)59-83(117-95)85-63-75-91(77-53-55-89(115-77)109-65-67(17-7)43-25-15-5)98-76(92(97(75)119-85)78-54-56-90(116-78)110-66-68(18-8)44-26-16-6)64-86(120-98)84-60-72(48-42-38-34-30-24-14-4)96(118-84)82-52-50-80(114-82)94-70(46-40-36-32-28-22-12-2)58-74(112-94)62-88-100(106)104(20-10)102(108)122-88/h49-64,67-68H,11-48,65-66H2,1-10H3/b87-61-,88-62-. The van der Waals surface area contributed by atoms with Crippen molar-refractivity contribution in [1.82, 2.24) is 9.80 Å². The predicted octanol–water partition coefficient (Wildman–Crippen LogP) is 38.6. The third-order valence-electron chi connectivity index (χ3n) is 24.1. The van der Waals surface area contributed by atoms with Crippen LogP contribution in [-0.4, -0.2) is 54.9 Å². The highest BCUT2D eigenvalue weighted by atomic mass is 32.2. The van der Waals surface area contributed by atoms with Crippen LogP contribution in [0.5, 0.6) is 0 Å². The Labute approximate surface area is 799 Å². The summed E-state index contributed by atoms with van der Waals surface area (Å²) >= 11 is 38.5. The summed E-state index contributed by atoms with van der Waals surface area (Å²) in [6.45, 7) is 24.0. The molecule has 2 fully saturated rings. The van der Waals surface area contributed by atoms with E-state index in [4.69, 9.17) is 24.4 Å². The van der Waals surface area contributed by atoms with Crippen LogP contribution in [-0.2, 0) is 35.3 Å². The van der Waals surface area contributed by atoms with E-state index in [0.29, 0.717) is 33.6 Å². The number of likely N-dealkylation sites (N-methyl/N-ethyl adjacent to an activating group) is 2. The predicted molar refractivity (Wildman–Crippen MR) is 571 cm³/mol. The quantitative estimate of drug-likeness (QED) is 0.0162. The van der Waals surface area contributed by atoms with Crippen molar-refractivity contribution < 1.29 is 9.59 Å². The monoisotopic (exact) mass is 1920 g/mol. The van der Waals surface area contributed by atoms with Crippen molar-refractivity contribution in [2.45, 2.75) is 309 Å². The van der Waals surface area contributed by atoms with E-state index in [1.165, 1.54) is 359 Å². The number of thioether (sulfide) groups is 4. The van der Waals surface area contributed by atoms with Crippen molar-refractivity contribution in [3.63, 3.8) is 0 Å². The molecule has 0 aliphatic carbocycles. The number of thiocarbonyl (C=S) groups is 2. The number of amides is 2. The molecule has 2 atom stereocenters. The Morgan fingerprint density at radius 3 is 0.967 bits per heavy atom. The summed E-state index contributed by atoms with van der Waals surface area (Å²) in [5.41, 5.74) is 8.61. The molecule has 12 heterocycles. The third-order valence-corrected chi connectivity index (χ3v) is 42.2. The largest absolute Gasteiger partial charge is 0.293 e. The van der Waals surface area contributed by atoms with Crippen molar-refractivity contribution in [3.05, 3.63) is 127 Å². The molecule has 13 rings (SSSR count). The van der Waals surface area contributed by atoms with Gasteiger partial charge >= 0.3 is 0 Å². The Hall–Kier alpha value is -3.26. The normalized spacial score (nSPS) is 14.6. The zero-order valence-corrected chi connectivity index (χ0v) is 87.0. The lowest BCUT2D eigenvalue weighted by Gasteiger charge is -2.13. The molecule has 11 aromatic rings. The van der Waals surface area contributed by atoms with Crippen LogP contribution in [0.2, 0.25) is 0 Å². The maximum Gasteiger partial charge on any atom is 0.266 e. The van der Waals surface area contributed by atoms with Crippen molar-refractivity contribution in [3.8, 4) is 79.4 Å². The summed E-state index contributed by atoms with van der Waals surface area (Å²) in [6, 6.07) is 35.1. The molecule has 10 aromatic heterocycles. The van der Waals surface area contributed by atoms with Crippen molar-refractivity contribution in [1.29, 1.82) is 0 Å². The molecule has 2 saturated heterocycles. The average Bonchev–Trinajstić information content (AvgIpc) is 1.55. The van der Waals surface area contributed by atoms with E-state index in [9.17, 15) is 9.59 Å². The number of hydrogen-bond donors (Lipinski definition) is 0. The number of rotatable bonds is 54. The molecule has 20 heteroatoms. The third kappa shape index (κ3) is 24.9. The summed E-state index contributed by atoms with van der Waals surface area (Å²) in [4.78, 5) is 53.8. The van der Waals surface area contributed by atoms with E-state index in [1.54, 1.807) is 9.80 Å². The number of unbranched alkanes of at least 4 members (excludes halogenated alkanes) is 22. The molecule has 4 nitrogen and oxygen atoms in total. The van der Waals surface area contributed by atoms with Crippen LogP contribution in [0.3, 0.4) is 0 Å². The van der Waals surface area contributed by atoms with Gasteiger partial charge in [-0.2, -0.15) is 0 Å². The summed E-state index contributed by atoms with van der Waals surface area (Å²) < 4.78 is 6.98. The number of nitrogens with zero attached hydrogens (tertiary/aromatic N) is 2. The van der Waals surface area contributed by atoms with Gasteiger partial charge in [-0.3, -0.25) is 19.4 Å². The van der Waals surface area contributed by atoms with E-state index in [-0.39, 0.29) is 11.8 Å². The molecule has 0 radical (unpaired) electrons. The maximum absolute atomic E-state index is 13.7. The van der Waals surface area contributed by atoms with Gasteiger partial charge in [0.15, 0.2) is 0 Å². The van der Waals surface area contributed by atoms with Gasteiger partial charge in [0, 0.05) is 134 Å². The van der Waals surface area contributed by atoms with Crippen molar-refractivity contribution in [2.75, 3.05) is 24.6 Å². The molecule has 0 spiro atoms. The highest BCUT2D eigenvalue weighted by Crippen LogP contribution is 2.58. The first-order chi connectivity index (χ1) is 59.7. The van der Waals surface area contributed by atoms with E-state index in [2.05, 4.69) is 199 Å². The minimum Gasteiger partial charge on any atom is -0.293 e. The Bertz CT molecular complexity index is 4910. The van der Waals surface area contributed by atoms with Crippen LogP contribution in [0.25, 0.3) is 112 Å². The zero-order valence-electron chi connectivity index (χ0n) is 73.9. The van der Waals surface area contributed by atoms with Crippen LogP contribution in [0, 0.1) is 11.8 Å². The number of benzene rings is 1. The minimum atomic E-state index is 0.0312. The molecule has 654 valence electrons. The van der Waals surface area contributed by atoms with Gasteiger partial charge in [0.05, 0.1) is 18.2 Å². The summed E-state index contributed by atoms with van der Waals surface area (Å²) in [7, 11) is 0. The second kappa shape index (κ2) is 49.1. The Morgan fingerprint density at radius 1 is 0.328 bits per heavy atom. The lowest BCUT2D eigenvalue weighted by Crippen LogP contribution is -2.27. The second-order valence-corrected chi connectivity index (χ2v) is 50.0. The van der Waals surface area contributed by atoms with E-state index >= 15 is 0 Å². The van der Waals surface area contributed by atoms with Gasteiger partial charge in [-0.25, -0.2) is 0 Å². The fourth-order valence-electron chi connectivity index (χ4n) is 16.8. The minimum absolute atomic E-state index is 0.0312. The van der Waals surface area contributed by atoms with Gasteiger partial charge in [-0.15, -0.1) is 137 Å². The SMILES string of the molecule is CCCCCCCCc1cc(/C=C2\SC(=S)N(CC)C2=O)sc1-c1ccc(-c2sc(-c3cc4c(-c5ccc(SCC(CC)CCCC)s5)c5sc(-c6cc(CCCCCCCC)c(-c7ccc(-c8sc(/C=C9\SC(=S)N(CC)C9=O)cc8CCCCCCCC)s7)s6)cc5c(-c5ccc(SCC(CC)CCCC)s5)c4s3)cc2CCCCCCCC)s1. The number of aryl methyl sites for hydroxylation is 4. The van der Waals surface area contributed by atoms with Crippen LogP contribution in [0.4, 0.5) is 0 Å². The molecule has 0 bridgehead atoms. The van der Waals surface area contributed by atoms with Crippen molar-refractivity contribution in [2.24, 2.45) is 11.8 Å². The number of thiophene rings is 10. The first-order valence-corrected chi connectivity index (χ1v) is 59.0. The zero-order chi connectivity index (χ0) is 85.4. The van der Waals surface area contributed by atoms with Crippen LogP contribution < -0.4 is 0 Å². The van der Waals surface area contributed by atoms with Gasteiger partial charge in [0.25, 0.3) is 11.8 Å². The highest BCUT2D eigenvalue weighted by Gasteiger charge is 2.34. The van der Waals surface area contributed by atoms with Gasteiger partial charge in [0.1, 0.15) is 8.64 Å². The summed E-state index contributed by atoms with van der Waals surface area (Å²) in [5.74, 6) is 3.81. The van der Waals surface area contributed by atoms with Crippen LogP contribution in [0.1, 0.15) is 307 Å². The molecule has 2 unspecified atom stereocenters. The topological polar surface area (TPSA) is 40.6 Å². The van der Waals surface area contributed by atoms with Gasteiger partial charge in [-0.1, -0.05) is 270 Å². The molecule has 122 heavy (non-hydrogen) atoms. The van der Waals surface area contributed by atoms with E-state index < -0.39 is 0 Å². The van der Waals surface area contributed by atoms with Gasteiger partial charge in [-0.05, 0) is 209 Å². The fraction of sp³-hybridized carbons (Fsp3) is 0.510. The van der Waals surface area contributed by atoms with E-state index in [0.717, 1.165) is 56.8 Å². The highest BCUT2D eigenvalue weighted by molar-refractivity contribution is 8.27. The van der Waals surface area contributed by atoms with Crippen LogP contribution >= 0.6 is 185 Å². The molecule has 0 N–H and O–H groups in total. The Kier molecular flexibility index (Phi) is 38.8. The fourth-order valence-corrected chi connectivity index (χ4v) is 34.8. The van der Waals surface area contributed by atoms with Gasteiger partial charge in [0.2, 0.25) is 0 Å². The Balaban J connectivity index is 0.950. The Morgan fingerprint density at radius 2 is 0.639 bits per heavy atom. The molecule has 0 saturated carbocycles. The second-order valence-electron chi connectivity index (χ2n) is 33.3. The first kappa shape index (κ1) is 96.3. The molecule has 1 aromatic carbocycles. The van der Waals surface area contributed by atoms with Gasteiger partial charge < -0.3 is 0 Å². The molecule has 2 aliphatic rings.